The molecule has 1 saturated heterocycles. The molecule has 154 valence electrons. The molecule has 9 heteroatoms. The lowest BCUT2D eigenvalue weighted by Crippen LogP contribution is -2.48. The van der Waals surface area contributed by atoms with Crippen LogP contribution in [0.4, 0.5) is 4.79 Å². The number of ketones is 1. The standard InChI is InChI=1S/C22H17N5O4/c28-19(20-25-16-3-1-2-4-17(16)26-20)13-5-7-15(8-6-13)31-21-18(23-9-10-24-21)14-11-27(12-14)22(29)30/h1-10,14H,11-12H2,(H,25,26)(H,29,30). The minimum absolute atomic E-state index is 0.0614. The third-order valence-corrected chi connectivity index (χ3v) is 5.17. The molecule has 0 radical (unpaired) electrons. The van der Waals surface area contributed by atoms with Crippen LogP contribution in [0.5, 0.6) is 11.6 Å². The van der Waals surface area contributed by atoms with Crippen molar-refractivity contribution in [2.24, 2.45) is 0 Å². The van der Waals surface area contributed by atoms with Crippen molar-refractivity contribution >= 4 is 22.9 Å². The summed E-state index contributed by atoms with van der Waals surface area (Å²) >= 11 is 0. The van der Waals surface area contributed by atoms with E-state index in [2.05, 4.69) is 19.9 Å². The van der Waals surface area contributed by atoms with Crippen molar-refractivity contribution in [2.45, 2.75) is 5.92 Å². The number of nitrogens with zero attached hydrogens (tertiary/aromatic N) is 4. The average molecular weight is 415 g/mol. The lowest BCUT2D eigenvalue weighted by atomic mass is 9.97. The molecule has 3 heterocycles. The number of nitrogens with one attached hydrogen (secondary N) is 1. The fraction of sp³-hybridized carbons (Fsp3) is 0.136. The number of H-pyrrole nitrogens is 1. The van der Waals surface area contributed by atoms with E-state index in [4.69, 9.17) is 9.84 Å². The number of ether oxygens (including phenoxy) is 1. The van der Waals surface area contributed by atoms with Gasteiger partial charge in [0.2, 0.25) is 11.7 Å². The molecule has 1 aliphatic heterocycles. The lowest BCUT2D eigenvalue weighted by Gasteiger charge is -2.36. The number of carbonyl (C=O) groups excluding carboxylic acids is 1. The van der Waals surface area contributed by atoms with Crippen molar-refractivity contribution in [3.8, 4) is 11.6 Å². The topological polar surface area (TPSA) is 121 Å². The number of hydrogen-bond donors (Lipinski definition) is 2. The number of benzene rings is 2. The molecule has 2 aromatic carbocycles. The number of amides is 1. The number of carbonyl (C=O) groups is 2. The number of likely N-dealkylation sites (tertiary alicyclic amines) is 1. The van der Waals surface area contributed by atoms with Gasteiger partial charge in [-0.1, -0.05) is 12.1 Å². The molecular formula is C22H17N5O4. The summed E-state index contributed by atoms with van der Waals surface area (Å²) in [5, 5.41) is 9.02. The highest BCUT2D eigenvalue weighted by Crippen LogP contribution is 2.32. The highest BCUT2D eigenvalue weighted by Gasteiger charge is 2.35. The van der Waals surface area contributed by atoms with Crippen molar-refractivity contribution < 1.29 is 19.4 Å². The Bertz CT molecular complexity index is 1250. The van der Waals surface area contributed by atoms with Gasteiger partial charge >= 0.3 is 6.09 Å². The highest BCUT2D eigenvalue weighted by atomic mass is 16.5. The van der Waals surface area contributed by atoms with E-state index in [1.54, 1.807) is 30.5 Å². The molecule has 0 aliphatic carbocycles. The quantitative estimate of drug-likeness (QED) is 0.479. The van der Waals surface area contributed by atoms with Gasteiger partial charge in [0.25, 0.3) is 0 Å². The number of aromatic nitrogens is 4. The molecule has 0 saturated carbocycles. The van der Waals surface area contributed by atoms with Gasteiger partial charge in [0.15, 0.2) is 5.82 Å². The molecular weight excluding hydrogens is 398 g/mol. The Morgan fingerprint density at radius 2 is 1.77 bits per heavy atom. The molecule has 0 bridgehead atoms. The van der Waals surface area contributed by atoms with Crippen LogP contribution in [0.25, 0.3) is 11.0 Å². The number of rotatable bonds is 5. The van der Waals surface area contributed by atoms with Crippen molar-refractivity contribution in [1.29, 1.82) is 0 Å². The minimum Gasteiger partial charge on any atom is -0.465 e. The first-order valence-corrected chi connectivity index (χ1v) is 9.64. The molecule has 1 amide bonds. The summed E-state index contributed by atoms with van der Waals surface area (Å²) in [5.74, 6) is 0.824. The Hall–Kier alpha value is -4.27. The summed E-state index contributed by atoms with van der Waals surface area (Å²) in [6.45, 7) is 0.713. The molecule has 4 aromatic rings. The van der Waals surface area contributed by atoms with Crippen LogP contribution in [0.15, 0.2) is 60.9 Å². The van der Waals surface area contributed by atoms with Gasteiger partial charge in [-0.25, -0.2) is 14.8 Å². The van der Waals surface area contributed by atoms with Gasteiger partial charge in [-0.3, -0.25) is 9.78 Å². The third kappa shape index (κ3) is 3.57. The smallest absolute Gasteiger partial charge is 0.407 e. The lowest BCUT2D eigenvalue weighted by molar-refractivity contribution is 0.102. The SMILES string of the molecule is O=C(c1ccc(Oc2nccnc2C2CN(C(=O)O)C2)cc1)c1nc2ccccc2[nH]1. The fourth-order valence-corrected chi connectivity index (χ4v) is 3.49. The molecule has 31 heavy (non-hydrogen) atoms. The second kappa shape index (κ2) is 7.52. The van der Waals surface area contributed by atoms with E-state index in [-0.39, 0.29) is 17.5 Å². The number of aromatic amines is 1. The average Bonchev–Trinajstić information content (AvgIpc) is 3.18. The minimum atomic E-state index is -0.952. The number of fused-ring (bicyclic) bond motifs is 1. The third-order valence-electron chi connectivity index (χ3n) is 5.17. The van der Waals surface area contributed by atoms with Gasteiger partial charge in [-0.2, -0.15) is 0 Å². The van der Waals surface area contributed by atoms with Crippen molar-refractivity contribution in [3.05, 3.63) is 78.0 Å². The maximum Gasteiger partial charge on any atom is 0.407 e. The monoisotopic (exact) mass is 415 g/mol. The van der Waals surface area contributed by atoms with Crippen LogP contribution in [-0.4, -0.2) is 54.9 Å². The molecule has 2 N–H and O–H groups in total. The highest BCUT2D eigenvalue weighted by molar-refractivity contribution is 6.08. The van der Waals surface area contributed by atoms with Crippen LogP contribution in [0.3, 0.4) is 0 Å². The second-order valence-corrected chi connectivity index (χ2v) is 7.19. The van der Waals surface area contributed by atoms with Crippen LogP contribution < -0.4 is 4.74 Å². The molecule has 1 aliphatic rings. The summed E-state index contributed by atoms with van der Waals surface area (Å²) < 4.78 is 5.88. The van der Waals surface area contributed by atoms with Crippen LogP contribution in [0.1, 0.15) is 27.8 Å². The van der Waals surface area contributed by atoms with Gasteiger partial charge < -0.3 is 19.7 Å². The van der Waals surface area contributed by atoms with Crippen LogP contribution in [0, 0.1) is 0 Å². The number of carboxylic acid groups (broad SMARTS) is 1. The summed E-state index contributed by atoms with van der Waals surface area (Å²) in [7, 11) is 0. The molecule has 1 fully saturated rings. The van der Waals surface area contributed by atoms with Crippen LogP contribution >= 0.6 is 0 Å². The van der Waals surface area contributed by atoms with E-state index in [0.29, 0.717) is 36.0 Å². The maximum absolute atomic E-state index is 12.8. The summed E-state index contributed by atoms with van der Waals surface area (Å²) in [5.41, 5.74) is 2.63. The summed E-state index contributed by atoms with van der Waals surface area (Å²) in [6, 6.07) is 14.1. The molecule has 0 atom stereocenters. The van der Waals surface area contributed by atoms with Crippen LogP contribution in [0.2, 0.25) is 0 Å². The first-order chi connectivity index (χ1) is 15.1. The predicted molar refractivity (Wildman–Crippen MR) is 110 cm³/mol. The number of para-hydroxylation sites is 2. The second-order valence-electron chi connectivity index (χ2n) is 7.19. The zero-order chi connectivity index (χ0) is 21.4. The Morgan fingerprint density at radius 3 is 2.52 bits per heavy atom. The van der Waals surface area contributed by atoms with Gasteiger partial charge in [0.05, 0.1) is 11.0 Å². The Balaban J connectivity index is 1.32. The Morgan fingerprint density at radius 1 is 1.03 bits per heavy atom. The van der Waals surface area contributed by atoms with Gasteiger partial charge in [-0.05, 0) is 36.4 Å². The van der Waals surface area contributed by atoms with E-state index in [1.165, 1.54) is 11.1 Å². The van der Waals surface area contributed by atoms with E-state index >= 15 is 0 Å². The van der Waals surface area contributed by atoms with Gasteiger partial charge in [0, 0.05) is 37.0 Å². The zero-order valence-corrected chi connectivity index (χ0v) is 16.2. The molecule has 2 aromatic heterocycles. The summed E-state index contributed by atoms with van der Waals surface area (Å²) in [4.78, 5) is 41.0. The fourth-order valence-electron chi connectivity index (χ4n) is 3.49. The molecule has 5 rings (SSSR count). The predicted octanol–water partition coefficient (Wildman–Crippen LogP) is 3.45. The molecule has 0 spiro atoms. The van der Waals surface area contributed by atoms with E-state index in [0.717, 1.165) is 11.0 Å². The first-order valence-electron chi connectivity index (χ1n) is 9.64. The number of hydrogen-bond acceptors (Lipinski definition) is 6. The van der Waals surface area contributed by atoms with E-state index < -0.39 is 6.09 Å². The first kappa shape index (κ1) is 18.7. The van der Waals surface area contributed by atoms with Crippen LogP contribution in [-0.2, 0) is 0 Å². The van der Waals surface area contributed by atoms with E-state index in [1.807, 2.05) is 24.3 Å². The van der Waals surface area contributed by atoms with Gasteiger partial charge in [-0.15, -0.1) is 0 Å². The normalized spacial score (nSPS) is 13.7. The van der Waals surface area contributed by atoms with Crippen molar-refractivity contribution in [3.63, 3.8) is 0 Å². The largest absolute Gasteiger partial charge is 0.465 e. The summed E-state index contributed by atoms with van der Waals surface area (Å²) in [6.07, 6.45) is 2.12. The molecule has 9 nitrogen and oxygen atoms in total. The Kier molecular flexibility index (Phi) is 4.55. The number of imidazole rings is 1. The van der Waals surface area contributed by atoms with Gasteiger partial charge in [0.1, 0.15) is 11.4 Å². The van der Waals surface area contributed by atoms with Crippen molar-refractivity contribution in [1.82, 2.24) is 24.8 Å². The molecule has 0 unspecified atom stereocenters. The Labute approximate surface area is 176 Å². The maximum atomic E-state index is 12.8. The zero-order valence-electron chi connectivity index (χ0n) is 16.2. The van der Waals surface area contributed by atoms with Crippen molar-refractivity contribution in [2.75, 3.05) is 13.1 Å². The van der Waals surface area contributed by atoms with E-state index in [9.17, 15) is 9.59 Å².